The van der Waals surface area contributed by atoms with Gasteiger partial charge < -0.3 is 20.8 Å². The van der Waals surface area contributed by atoms with E-state index in [1.165, 1.54) is 38.5 Å². The van der Waals surface area contributed by atoms with Crippen LogP contribution in [0.5, 0.6) is 0 Å². The van der Waals surface area contributed by atoms with E-state index in [0.29, 0.717) is 23.1 Å². The Kier molecular flexibility index (Phi) is 13.9. The third-order valence-corrected chi connectivity index (χ3v) is 6.92. The van der Waals surface area contributed by atoms with Gasteiger partial charge in [-0.1, -0.05) is 119 Å². The third-order valence-electron chi connectivity index (χ3n) is 6.92. The number of aliphatic carboxylic acids is 2. The normalized spacial score (nSPS) is 12.5. The summed E-state index contributed by atoms with van der Waals surface area (Å²) in [6.07, 6.45) is 10.9. The maximum atomic E-state index is 12.8. The Hall–Kier alpha value is -3.52. The summed E-state index contributed by atoms with van der Waals surface area (Å²) in [5.41, 5.74) is 7.70. The Balaban J connectivity index is 1.99. The van der Waals surface area contributed by atoms with Gasteiger partial charge in [-0.3, -0.25) is 14.4 Å². The Morgan fingerprint density at radius 3 is 1.90 bits per heavy atom. The molecule has 2 aromatic carbocycles. The van der Waals surface area contributed by atoms with E-state index in [4.69, 9.17) is 5.73 Å². The average molecular weight is 539 g/mol. The van der Waals surface area contributed by atoms with E-state index in [2.05, 4.69) is 6.92 Å². The molecule has 212 valence electrons. The number of carboxylic acid groups (broad SMARTS) is 2. The van der Waals surface area contributed by atoms with Crippen LogP contribution in [-0.4, -0.2) is 44.8 Å². The predicted molar refractivity (Wildman–Crippen MR) is 150 cm³/mol. The quantitative estimate of drug-likeness (QED) is 0.125. The number of carbonyl (C=O) groups excluding carboxylic acids is 2. The highest BCUT2D eigenvalue weighted by Gasteiger charge is 2.31. The lowest BCUT2D eigenvalue weighted by atomic mass is 9.97. The van der Waals surface area contributed by atoms with Gasteiger partial charge in [-0.25, -0.2) is 4.79 Å². The summed E-state index contributed by atoms with van der Waals surface area (Å²) in [4.78, 5) is 49.6. The van der Waals surface area contributed by atoms with Crippen LogP contribution in [0, 0.1) is 0 Å². The van der Waals surface area contributed by atoms with Crippen LogP contribution in [0.4, 0.5) is 0 Å². The first-order valence-electron chi connectivity index (χ1n) is 13.9. The summed E-state index contributed by atoms with van der Waals surface area (Å²) >= 11 is 0. The molecule has 39 heavy (non-hydrogen) atoms. The maximum Gasteiger partial charge on any atom is 0.394 e. The highest BCUT2D eigenvalue weighted by Crippen LogP contribution is 2.27. The smallest absolute Gasteiger partial charge is 0.394 e. The molecule has 1 amide bonds. The van der Waals surface area contributed by atoms with Crippen molar-refractivity contribution < 1.29 is 29.4 Å². The van der Waals surface area contributed by atoms with E-state index in [9.17, 15) is 29.4 Å². The van der Waals surface area contributed by atoms with Gasteiger partial charge in [-0.2, -0.15) is 0 Å². The molecule has 2 unspecified atom stereocenters. The van der Waals surface area contributed by atoms with Crippen LogP contribution in [-0.2, 0) is 20.9 Å². The van der Waals surface area contributed by atoms with E-state index < -0.39 is 36.4 Å². The summed E-state index contributed by atoms with van der Waals surface area (Å²) in [5, 5.41) is 18.8. The van der Waals surface area contributed by atoms with Crippen molar-refractivity contribution in [1.82, 2.24) is 4.90 Å². The van der Waals surface area contributed by atoms with Crippen molar-refractivity contribution in [3.8, 4) is 0 Å². The van der Waals surface area contributed by atoms with Crippen molar-refractivity contribution in [3.05, 3.63) is 71.3 Å². The van der Waals surface area contributed by atoms with Crippen molar-refractivity contribution in [3.63, 3.8) is 0 Å². The minimum atomic E-state index is -1.67. The topological polar surface area (TPSA) is 138 Å². The fraction of sp³-hybridized carbons (Fsp3) is 0.484. The van der Waals surface area contributed by atoms with Crippen LogP contribution >= 0.6 is 0 Å². The molecule has 4 N–H and O–H groups in total. The fourth-order valence-electron chi connectivity index (χ4n) is 4.69. The lowest BCUT2D eigenvalue weighted by Crippen LogP contribution is -2.39. The van der Waals surface area contributed by atoms with E-state index in [-0.39, 0.29) is 12.3 Å². The molecule has 0 fully saturated rings. The molecular formula is C31H42N2O6. The Labute approximate surface area is 231 Å². The van der Waals surface area contributed by atoms with Gasteiger partial charge in [0.15, 0.2) is 5.78 Å². The Morgan fingerprint density at radius 1 is 0.795 bits per heavy atom. The van der Waals surface area contributed by atoms with E-state index in [1.54, 1.807) is 54.6 Å². The summed E-state index contributed by atoms with van der Waals surface area (Å²) < 4.78 is 0. The second-order valence-electron chi connectivity index (χ2n) is 10.0. The van der Waals surface area contributed by atoms with Gasteiger partial charge in [-0.15, -0.1) is 0 Å². The number of Topliss-reactive ketones (excluding diaryl/α,β-unsaturated/α-hetero) is 1. The molecular weight excluding hydrogens is 496 g/mol. The van der Waals surface area contributed by atoms with Gasteiger partial charge >= 0.3 is 17.8 Å². The molecule has 2 atom stereocenters. The molecule has 0 radical (unpaired) electrons. The zero-order valence-corrected chi connectivity index (χ0v) is 22.9. The third kappa shape index (κ3) is 11.0. The number of nitrogens with two attached hydrogens (primary N) is 1. The number of benzene rings is 2. The molecule has 0 saturated heterocycles. The van der Waals surface area contributed by atoms with E-state index in [0.717, 1.165) is 24.2 Å². The zero-order chi connectivity index (χ0) is 28.6. The van der Waals surface area contributed by atoms with Crippen molar-refractivity contribution in [1.29, 1.82) is 0 Å². The van der Waals surface area contributed by atoms with Gasteiger partial charge in [0.2, 0.25) is 0 Å². The number of rotatable bonds is 18. The average Bonchev–Trinajstić information content (AvgIpc) is 2.93. The summed E-state index contributed by atoms with van der Waals surface area (Å²) in [7, 11) is 0. The van der Waals surface area contributed by atoms with Crippen molar-refractivity contribution in [2.24, 2.45) is 5.73 Å². The van der Waals surface area contributed by atoms with Gasteiger partial charge in [0.1, 0.15) is 0 Å². The van der Waals surface area contributed by atoms with Gasteiger partial charge in [0.05, 0.1) is 18.5 Å². The molecule has 0 aliphatic heterocycles. The molecule has 2 rings (SSSR count). The first kappa shape index (κ1) is 31.7. The van der Waals surface area contributed by atoms with Crippen LogP contribution in [0.15, 0.2) is 54.6 Å². The van der Waals surface area contributed by atoms with Crippen LogP contribution in [0.2, 0.25) is 0 Å². The van der Waals surface area contributed by atoms with Crippen molar-refractivity contribution in [2.75, 3.05) is 0 Å². The highest BCUT2D eigenvalue weighted by molar-refractivity contribution is 6.31. The van der Waals surface area contributed by atoms with E-state index >= 15 is 0 Å². The minimum Gasteiger partial charge on any atom is -0.481 e. The Morgan fingerprint density at radius 2 is 1.36 bits per heavy atom. The summed E-state index contributed by atoms with van der Waals surface area (Å²) in [5.74, 6) is -4.19. The van der Waals surface area contributed by atoms with Crippen molar-refractivity contribution in [2.45, 2.75) is 96.2 Å². The van der Waals surface area contributed by atoms with Gasteiger partial charge in [0.25, 0.3) is 0 Å². The summed E-state index contributed by atoms with van der Waals surface area (Å²) in [6, 6.07) is 13.4. The van der Waals surface area contributed by atoms with Crippen LogP contribution in [0.3, 0.4) is 0 Å². The molecule has 8 nitrogen and oxygen atoms in total. The number of amides is 1. The lowest BCUT2D eigenvalue weighted by Gasteiger charge is -2.30. The molecule has 0 aliphatic rings. The second-order valence-corrected chi connectivity index (χ2v) is 10.0. The minimum absolute atomic E-state index is 0.128. The highest BCUT2D eigenvalue weighted by atomic mass is 16.4. The number of hydrogen-bond acceptors (Lipinski definition) is 5. The molecule has 8 heteroatoms. The SMILES string of the molecule is CCCCCCCCCCCC(N)C(=O)c1ccc(CN(C(=O)C(=O)O)C(CC(=O)O)c2ccccc2)cc1. The first-order chi connectivity index (χ1) is 18.7. The van der Waals surface area contributed by atoms with Crippen LogP contribution in [0.1, 0.15) is 105 Å². The molecule has 0 spiro atoms. The predicted octanol–water partition coefficient (Wildman–Crippen LogP) is 5.75. The van der Waals surface area contributed by atoms with Crippen LogP contribution < -0.4 is 5.73 Å². The molecule has 0 heterocycles. The largest absolute Gasteiger partial charge is 0.481 e. The number of carbonyl (C=O) groups is 4. The zero-order valence-electron chi connectivity index (χ0n) is 22.9. The molecule has 0 bridgehead atoms. The number of unbranched alkanes of at least 4 members (excludes halogenated alkanes) is 8. The molecule has 0 saturated carbocycles. The number of nitrogens with zero attached hydrogens (tertiary/aromatic N) is 1. The number of hydrogen-bond donors (Lipinski definition) is 3. The van der Waals surface area contributed by atoms with Crippen LogP contribution in [0.25, 0.3) is 0 Å². The van der Waals surface area contributed by atoms with E-state index in [1.807, 2.05) is 0 Å². The lowest BCUT2D eigenvalue weighted by molar-refractivity contribution is -0.158. The maximum absolute atomic E-state index is 12.8. The molecule has 2 aromatic rings. The summed E-state index contributed by atoms with van der Waals surface area (Å²) in [6.45, 7) is 2.08. The van der Waals surface area contributed by atoms with Crippen molar-refractivity contribution >= 4 is 23.6 Å². The number of ketones is 1. The van der Waals surface area contributed by atoms with Gasteiger partial charge in [0, 0.05) is 12.1 Å². The number of carboxylic acids is 2. The standard InChI is InChI=1S/C31H42N2O6/c1-2-3-4-5-6-7-8-9-13-16-26(32)29(36)25-19-17-23(18-20-25)22-33(30(37)31(38)39)27(21-28(34)35)24-14-11-10-12-15-24/h10-12,14-15,17-20,26-27H,2-9,13,16,21-22,32H2,1H3,(H,34,35)(H,38,39). The monoisotopic (exact) mass is 538 g/mol. The first-order valence-corrected chi connectivity index (χ1v) is 13.9. The molecule has 0 aliphatic carbocycles. The second kappa shape index (κ2) is 17.1. The Bertz CT molecular complexity index is 1050. The molecule has 0 aromatic heterocycles. The van der Waals surface area contributed by atoms with Gasteiger partial charge in [-0.05, 0) is 17.5 Å². The fourth-order valence-corrected chi connectivity index (χ4v) is 4.69.